The van der Waals surface area contributed by atoms with Crippen LogP contribution in [0.5, 0.6) is 0 Å². The lowest BCUT2D eigenvalue weighted by atomic mass is 9.90. The van der Waals surface area contributed by atoms with Crippen molar-refractivity contribution < 1.29 is 0 Å². The van der Waals surface area contributed by atoms with Gasteiger partial charge in [0.25, 0.3) is 0 Å². The van der Waals surface area contributed by atoms with E-state index in [0.29, 0.717) is 0 Å². The lowest BCUT2D eigenvalue weighted by Crippen LogP contribution is -2.10. The van der Waals surface area contributed by atoms with Crippen LogP contribution >= 0.6 is 0 Å². The highest BCUT2D eigenvalue weighted by atomic mass is 15.1. The highest BCUT2D eigenvalue weighted by Crippen LogP contribution is 2.50. The smallest absolute Gasteiger partial charge is 0.0540 e. The highest BCUT2D eigenvalue weighted by Gasteiger charge is 2.25. The van der Waals surface area contributed by atoms with E-state index in [0.717, 1.165) is 5.69 Å². The molecular weight excluding hydrogens is 675 g/mol. The molecule has 0 atom stereocenters. The van der Waals surface area contributed by atoms with Crippen molar-refractivity contribution >= 4 is 17.1 Å². The van der Waals surface area contributed by atoms with Crippen LogP contribution in [-0.4, -0.2) is 0 Å². The molecule has 0 aromatic heterocycles. The fourth-order valence-electron chi connectivity index (χ4n) is 7.41. The van der Waals surface area contributed by atoms with E-state index in [4.69, 9.17) is 0 Å². The molecule has 8 aromatic rings. The zero-order valence-electron chi connectivity index (χ0n) is 33.9. The van der Waals surface area contributed by atoms with Crippen molar-refractivity contribution in [3.8, 4) is 55.6 Å². The predicted octanol–water partition coefficient (Wildman–Crippen LogP) is 16.5. The third-order valence-electron chi connectivity index (χ3n) is 10.1. The summed E-state index contributed by atoms with van der Waals surface area (Å²) in [6.45, 7) is 14.5. The van der Waals surface area contributed by atoms with Gasteiger partial charge < -0.3 is 4.90 Å². The van der Waals surface area contributed by atoms with Gasteiger partial charge in [0.05, 0.1) is 11.4 Å². The lowest BCUT2D eigenvalue weighted by molar-refractivity contribution is 1.29. The first-order valence-electron chi connectivity index (χ1n) is 20.0. The lowest BCUT2D eigenvalue weighted by Gasteiger charge is -2.27. The maximum Gasteiger partial charge on any atom is 0.0540 e. The van der Waals surface area contributed by atoms with Crippen LogP contribution in [0.4, 0.5) is 17.1 Å². The van der Waals surface area contributed by atoms with Crippen LogP contribution in [0.2, 0.25) is 0 Å². The molecule has 0 saturated carbocycles. The number of benzene rings is 8. The van der Waals surface area contributed by atoms with Gasteiger partial charge >= 0.3 is 0 Å². The minimum atomic E-state index is 1.16. The second kappa shape index (κ2) is 18.7. The van der Waals surface area contributed by atoms with Crippen LogP contribution in [0.15, 0.2) is 194 Å². The van der Waals surface area contributed by atoms with Crippen LogP contribution in [0.1, 0.15) is 44.4 Å². The van der Waals surface area contributed by atoms with Crippen molar-refractivity contribution in [1.29, 1.82) is 0 Å². The molecule has 0 bridgehead atoms. The van der Waals surface area contributed by atoms with Gasteiger partial charge in [-0.25, -0.2) is 0 Å². The maximum atomic E-state index is 2.39. The number of nitrogens with zero attached hydrogens (tertiary/aromatic N) is 1. The minimum Gasteiger partial charge on any atom is -0.309 e. The topological polar surface area (TPSA) is 3.24 Å². The van der Waals surface area contributed by atoms with Crippen molar-refractivity contribution in [2.24, 2.45) is 0 Å². The summed E-state index contributed by atoms with van der Waals surface area (Å²) in [6.07, 6.45) is 0. The number of fused-ring (bicyclic) bond motifs is 5. The molecule has 0 N–H and O–H groups in total. The zero-order valence-corrected chi connectivity index (χ0v) is 33.9. The van der Waals surface area contributed by atoms with Crippen LogP contribution in [-0.2, 0) is 0 Å². The monoisotopic (exact) mass is 727 g/mol. The first-order valence-corrected chi connectivity index (χ1v) is 20.0. The molecule has 0 radical (unpaired) electrons. The minimum absolute atomic E-state index is 1.16. The second-order valence-corrected chi connectivity index (χ2v) is 13.5. The number of anilines is 3. The van der Waals surface area contributed by atoms with Crippen LogP contribution < -0.4 is 4.90 Å². The summed E-state index contributed by atoms with van der Waals surface area (Å²) in [6, 6.07) is 69.6. The van der Waals surface area contributed by atoms with Gasteiger partial charge in [0.15, 0.2) is 0 Å². The Bertz CT molecular complexity index is 2360. The first kappa shape index (κ1) is 39.3. The Labute approximate surface area is 335 Å². The molecule has 56 heavy (non-hydrogen) atoms. The van der Waals surface area contributed by atoms with Crippen molar-refractivity contribution in [2.45, 2.75) is 48.5 Å². The summed E-state index contributed by atoms with van der Waals surface area (Å²) in [4.78, 5) is 2.39. The van der Waals surface area contributed by atoms with Gasteiger partial charge in [-0.2, -0.15) is 0 Å². The van der Waals surface area contributed by atoms with Crippen molar-refractivity contribution in [3.63, 3.8) is 0 Å². The number of hydrogen-bond donors (Lipinski definition) is 0. The van der Waals surface area contributed by atoms with Gasteiger partial charge in [0, 0.05) is 16.8 Å². The number of hydrogen-bond acceptors (Lipinski definition) is 1. The van der Waals surface area contributed by atoms with E-state index < -0.39 is 0 Å². The Morgan fingerprint density at radius 3 is 0.929 bits per heavy atom. The van der Waals surface area contributed by atoms with E-state index in [2.05, 4.69) is 220 Å². The van der Waals surface area contributed by atoms with E-state index in [9.17, 15) is 0 Å². The summed E-state index contributed by atoms with van der Waals surface area (Å²) in [5.41, 5.74) is 20.2. The average Bonchev–Trinajstić information content (AvgIpc) is 3.39. The molecule has 0 unspecified atom stereocenters. The molecule has 1 nitrogen and oxygen atoms in total. The molecule has 1 aliphatic heterocycles. The Morgan fingerprint density at radius 1 is 0.268 bits per heavy atom. The predicted molar refractivity (Wildman–Crippen MR) is 245 cm³/mol. The standard InChI is InChI=1S/C31H23N.C20H18.2C2H6/c1-22-14-16-23(17-15-22)24-18-20-25(21-19-24)32-30-12-6-4-10-28(30)26-8-2-3-9-27(26)29-11-5-7-13-31(29)32;1-15-9-3-5-11-17(15)19-13-7-8-14-20(19)18-12-6-4-10-16(18)2;2*1-2/h2-21H,1H3;3-14H,1-2H3;2*1-2H3. The number of rotatable bonds is 4. The molecule has 0 saturated heterocycles. The fraction of sp³-hybridized carbons (Fsp3) is 0.127. The van der Waals surface area contributed by atoms with E-state index in [1.165, 1.54) is 83.7 Å². The number of aryl methyl sites for hydroxylation is 3. The summed E-state index contributed by atoms with van der Waals surface area (Å²) in [7, 11) is 0. The maximum absolute atomic E-state index is 2.39. The molecule has 9 rings (SSSR count). The molecule has 278 valence electrons. The van der Waals surface area contributed by atoms with Gasteiger partial charge in [-0.3, -0.25) is 0 Å². The molecule has 0 aliphatic carbocycles. The summed E-state index contributed by atoms with van der Waals surface area (Å²) >= 11 is 0. The SMILES string of the molecule is CC.CC.Cc1ccc(-c2ccc(N3c4ccccc4-c4ccccc4-c4ccccc43)cc2)cc1.Cc1ccccc1-c1ccccc1-c1ccccc1C. The van der Waals surface area contributed by atoms with E-state index in [1.807, 2.05) is 27.7 Å². The van der Waals surface area contributed by atoms with Crippen molar-refractivity contribution in [3.05, 3.63) is 211 Å². The third kappa shape index (κ3) is 8.28. The Hall–Kier alpha value is -6.44. The molecule has 0 amide bonds. The largest absolute Gasteiger partial charge is 0.309 e. The molecule has 1 aliphatic rings. The van der Waals surface area contributed by atoms with Crippen LogP contribution in [0.3, 0.4) is 0 Å². The molecule has 0 spiro atoms. The Balaban J connectivity index is 0.000000191. The highest BCUT2D eigenvalue weighted by molar-refractivity contribution is 6.02. The third-order valence-corrected chi connectivity index (χ3v) is 10.1. The van der Waals surface area contributed by atoms with E-state index in [1.54, 1.807) is 0 Å². The van der Waals surface area contributed by atoms with Crippen LogP contribution in [0, 0.1) is 20.8 Å². The van der Waals surface area contributed by atoms with E-state index in [-0.39, 0.29) is 0 Å². The van der Waals surface area contributed by atoms with Gasteiger partial charge in [0.1, 0.15) is 0 Å². The summed E-state index contributed by atoms with van der Waals surface area (Å²) in [5, 5.41) is 0. The van der Waals surface area contributed by atoms with Gasteiger partial charge in [-0.05, 0) is 101 Å². The van der Waals surface area contributed by atoms with Gasteiger partial charge in [0.2, 0.25) is 0 Å². The number of para-hydroxylation sites is 2. The second-order valence-electron chi connectivity index (χ2n) is 13.5. The Morgan fingerprint density at radius 2 is 0.554 bits per heavy atom. The normalized spacial score (nSPS) is 10.7. The summed E-state index contributed by atoms with van der Waals surface area (Å²) < 4.78 is 0. The molecule has 1 heteroatoms. The van der Waals surface area contributed by atoms with Crippen molar-refractivity contribution in [2.75, 3.05) is 4.90 Å². The first-order chi connectivity index (χ1) is 27.6. The molecule has 0 fully saturated rings. The average molecular weight is 728 g/mol. The van der Waals surface area contributed by atoms with Crippen molar-refractivity contribution in [1.82, 2.24) is 0 Å². The van der Waals surface area contributed by atoms with Gasteiger partial charge in [-0.15, -0.1) is 0 Å². The van der Waals surface area contributed by atoms with E-state index >= 15 is 0 Å². The Kier molecular flexibility index (Phi) is 13.1. The zero-order chi connectivity index (χ0) is 39.4. The summed E-state index contributed by atoms with van der Waals surface area (Å²) in [5.74, 6) is 0. The van der Waals surface area contributed by atoms with Gasteiger partial charge in [-0.1, -0.05) is 203 Å². The fourth-order valence-corrected chi connectivity index (χ4v) is 7.41. The molecule has 8 aromatic carbocycles. The molecular formula is C55H53N. The van der Waals surface area contributed by atoms with Crippen LogP contribution in [0.25, 0.3) is 55.6 Å². The molecule has 1 heterocycles. The quantitative estimate of drug-likeness (QED) is 0.174.